The number of fused-ring (bicyclic) bond motifs is 1. The zero-order chi connectivity index (χ0) is 16.6. The number of carbonyl (C=O) groups excluding carboxylic acids is 1. The number of aromatic nitrogens is 1. The number of halogens is 2. The average Bonchev–Trinajstić information content (AvgIpc) is 2.82. The second-order valence-electron chi connectivity index (χ2n) is 6.20. The van der Waals surface area contributed by atoms with Gasteiger partial charge in [0.2, 0.25) is 0 Å². The van der Waals surface area contributed by atoms with E-state index in [0.717, 1.165) is 23.1 Å². The van der Waals surface area contributed by atoms with Gasteiger partial charge < -0.3 is 4.79 Å². The highest BCUT2D eigenvalue weighted by Gasteiger charge is 2.41. The quantitative estimate of drug-likeness (QED) is 0.741. The van der Waals surface area contributed by atoms with E-state index >= 15 is 0 Å². The molecule has 5 heteroatoms. The molecule has 1 aromatic heterocycles. The van der Waals surface area contributed by atoms with Crippen LogP contribution in [-0.4, -0.2) is 16.2 Å². The van der Waals surface area contributed by atoms with Crippen LogP contribution in [0.4, 0.5) is 0 Å². The van der Waals surface area contributed by atoms with Gasteiger partial charge in [-0.25, -0.2) is 0 Å². The van der Waals surface area contributed by atoms with Crippen molar-refractivity contribution in [3.63, 3.8) is 0 Å². The Morgan fingerprint density at radius 2 is 1.91 bits per heavy atom. The number of pyridine rings is 1. The first-order valence-electron chi connectivity index (χ1n) is 7.62. The molecule has 1 aromatic carbocycles. The number of benzene rings is 1. The number of aldehydes is 1. The van der Waals surface area contributed by atoms with E-state index in [1.165, 1.54) is 0 Å². The van der Waals surface area contributed by atoms with Gasteiger partial charge in [0.25, 0.3) is 0 Å². The smallest absolute Gasteiger partial charge is 0.141 e. The third-order valence-corrected chi connectivity index (χ3v) is 4.73. The van der Waals surface area contributed by atoms with E-state index in [2.05, 4.69) is 23.7 Å². The number of nitrogens with zero attached hydrogens (tertiary/aromatic N) is 2. The second-order valence-corrected chi connectivity index (χ2v) is 7.07. The first-order valence-corrected chi connectivity index (χ1v) is 8.37. The molecule has 2 heterocycles. The van der Waals surface area contributed by atoms with E-state index in [9.17, 15) is 4.79 Å². The highest BCUT2D eigenvalue weighted by atomic mass is 35.5. The van der Waals surface area contributed by atoms with Crippen LogP contribution >= 0.6 is 23.2 Å². The first kappa shape index (κ1) is 16.4. The van der Waals surface area contributed by atoms with Crippen molar-refractivity contribution in [1.82, 2.24) is 9.88 Å². The maximum absolute atomic E-state index is 11.8. The molecule has 0 bridgehead atoms. The van der Waals surface area contributed by atoms with E-state index in [-0.39, 0.29) is 12.1 Å². The molecule has 0 saturated carbocycles. The Morgan fingerprint density at radius 3 is 2.52 bits per heavy atom. The summed E-state index contributed by atoms with van der Waals surface area (Å²) in [6, 6.07) is 9.36. The molecule has 1 aliphatic rings. The molecule has 0 spiro atoms. The van der Waals surface area contributed by atoms with Crippen LogP contribution in [0.1, 0.15) is 42.8 Å². The van der Waals surface area contributed by atoms with Crippen LogP contribution in [0.5, 0.6) is 0 Å². The molecular weight excluding hydrogens is 331 g/mol. The minimum Gasteiger partial charge on any atom is -0.301 e. The van der Waals surface area contributed by atoms with E-state index in [4.69, 9.17) is 23.2 Å². The van der Waals surface area contributed by atoms with Crippen molar-refractivity contribution in [3.05, 3.63) is 63.4 Å². The zero-order valence-electron chi connectivity index (χ0n) is 13.0. The van der Waals surface area contributed by atoms with Crippen molar-refractivity contribution in [2.24, 2.45) is 5.92 Å². The summed E-state index contributed by atoms with van der Waals surface area (Å²) >= 11 is 12.0. The fourth-order valence-corrected chi connectivity index (χ4v) is 3.60. The van der Waals surface area contributed by atoms with Crippen LogP contribution in [-0.2, 0) is 11.3 Å². The van der Waals surface area contributed by atoms with Gasteiger partial charge in [0.15, 0.2) is 0 Å². The van der Waals surface area contributed by atoms with Crippen LogP contribution in [0, 0.1) is 5.92 Å². The van der Waals surface area contributed by atoms with Gasteiger partial charge in [-0.15, -0.1) is 0 Å². The second kappa shape index (κ2) is 6.60. The first-order chi connectivity index (χ1) is 11.0. The van der Waals surface area contributed by atoms with Crippen LogP contribution in [0.25, 0.3) is 0 Å². The lowest BCUT2D eigenvalue weighted by atomic mass is 9.99. The largest absolute Gasteiger partial charge is 0.301 e. The maximum Gasteiger partial charge on any atom is 0.141 e. The molecule has 1 aliphatic heterocycles. The molecule has 0 N–H and O–H groups in total. The van der Waals surface area contributed by atoms with Crippen molar-refractivity contribution < 1.29 is 4.79 Å². The van der Waals surface area contributed by atoms with E-state index in [1.807, 2.05) is 30.3 Å². The van der Waals surface area contributed by atoms with Crippen molar-refractivity contribution in [1.29, 1.82) is 0 Å². The number of carbonyl (C=O) groups is 1. The van der Waals surface area contributed by atoms with Crippen LogP contribution in [0.2, 0.25) is 10.0 Å². The summed E-state index contributed by atoms with van der Waals surface area (Å²) in [5.41, 5.74) is 2.99. The fourth-order valence-electron chi connectivity index (χ4n) is 3.31. The Morgan fingerprint density at radius 1 is 1.22 bits per heavy atom. The van der Waals surface area contributed by atoms with Crippen molar-refractivity contribution in [3.8, 4) is 0 Å². The molecule has 0 fully saturated rings. The van der Waals surface area contributed by atoms with Gasteiger partial charge in [-0.2, -0.15) is 0 Å². The van der Waals surface area contributed by atoms with E-state index < -0.39 is 0 Å². The summed E-state index contributed by atoms with van der Waals surface area (Å²) in [6.07, 6.45) is 2.64. The average molecular weight is 349 g/mol. The molecule has 1 unspecified atom stereocenters. The highest BCUT2D eigenvalue weighted by molar-refractivity contribution is 6.30. The van der Waals surface area contributed by atoms with Crippen molar-refractivity contribution in [2.75, 3.05) is 0 Å². The standard InChI is InChI=1S/C18H18Cl2N2O/c1-11(2)18-17-15(7-14(20)8-21-17)16(10-23)22(18)9-12-3-5-13(19)6-4-12/h3-8,10-11,16,18H,9H2,1-2H3/t16?,18-/m0/s1. The van der Waals surface area contributed by atoms with Gasteiger partial charge in [0.05, 0.1) is 22.8 Å². The Balaban J connectivity index is 2.00. The fraction of sp³-hybridized carbons (Fsp3) is 0.333. The molecule has 23 heavy (non-hydrogen) atoms. The van der Waals surface area contributed by atoms with E-state index in [1.54, 1.807) is 6.20 Å². The monoisotopic (exact) mass is 348 g/mol. The van der Waals surface area contributed by atoms with Gasteiger partial charge in [-0.1, -0.05) is 49.2 Å². The predicted octanol–water partition coefficient (Wildman–Crippen LogP) is 4.84. The van der Waals surface area contributed by atoms with Crippen molar-refractivity contribution >= 4 is 29.5 Å². The molecule has 0 radical (unpaired) electrons. The third kappa shape index (κ3) is 3.14. The van der Waals surface area contributed by atoms with Crippen LogP contribution in [0.3, 0.4) is 0 Å². The minimum absolute atomic E-state index is 0.0909. The summed E-state index contributed by atoms with van der Waals surface area (Å²) in [5, 5.41) is 1.27. The molecule has 2 aromatic rings. The summed E-state index contributed by atoms with van der Waals surface area (Å²) in [5.74, 6) is 0.333. The Labute approximate surface area is 146 Å². The van der Waals surface area contributed by atoms with Gasteiger partial charge in [-0.05, 0) is 29.7 Å². The molecule has 120 valence electrons. The summed E-state index contributed by atoms with van der Waals surface area (Å²) in [4.78, 5) is 18.5. The minimum atomic E-state index is -0.320. The lowest BCUT2D eigenvalue weighted by Gasteiger charge is -2.30. The van der Waals surface area contributed by atoms with Crippen LogP contribution in [0.15, 0.2) is 36.5 Å². The van der Waals surface area contributed by atoms with Crippen molar-refractivity contribution in [2.45, 2.75) is 32.5 Å². The lowest BCUT2D eigenvalue weighted by molar-refractivity contribution is -0.113. The Bertz CT molecular complexity index is 715. The number of hydrogen-bond acceptors (Lipinski definition) is 3. The van der Waals surface area contributed by atoms with E-state index in [0.29, 0.717) is 22.5 Å². The van der Waals surface area contributed by atoms with Gasteiger partial charge in [-0.3, -0.25) is 9.88 Å². The number of hydrogen-bond donors (Lipinski definition) is 0. The SMILES string of the molecule is CC(C)[C@H]1c2ncc(Cl)cc2C(C=O)N1Cc1ccc(Cl)cc1. The van der Waals surface area contributed by atoms with Gasteiger partial charge >= 0.3 is 0 Å². The lowest BCUT2D eigenvalue weighted by Crippen LogP contribution is -2.29. The summed E-state index contributed by atoms with van der Waals surface area (Å²) in [7, 11) is 0. The van der Waals surface area contributed by atoms with Crippen LogP contribution < -0.4 is 0 Å². The highest BCUT2D eigenvalue weighted by Crippen LogP contribution is 2.45. The maximum atomic E-state index is 11.8. The molecule has 0 amide bonds. The molecule has 0 aliphatic carbocycles. The Hall–Kier alpha value is -1.42. The molecule has 3 nitrogen and oxygen atoms in total. The topological polar surface area (TPSA) is 33.2 Å². The normalized spacial score (nSPS) is 20.7. The predicted molar refractivity (Wildman–Crippen MR) is 92.6 cm³/mol. The Kier molecular flexibility index (Phi) is 4.72. The summed E-state index contributed by atoms with van der Waals surface area (Å²) in [6.45, 7) is 4.96. The molecule has 0 saturated heterocycles. The van der Waals surface area contributed by atoms with Gasteiger partial charge in [0.1, 0.15) is 6.29 Å². The van der Waals surface area contributed by atoms with Gasteiger partial charge in [0, 0.05) is 23.3 Å². The zero-order valence-corrected chi connectivity index (χ0v) is 14.6. The molecule has 3 rings (SSSR count). The third-order valence-electron chi connectivity index (χ3n) is 4.27. The summed E-state index contributed by atoms with van der Waals surface area (Å²) < 4.78 is 0. The number of rotatable bonds is 4. The molecule has 2 atom stereocenters. The molecular formula is C18H18Cl2N2O.